The average molecular weight is 425 g/mol. The van der Waals surface area contributed by atoms with Crippen LogP contribution in [-0.4, -0.2) is 15.6 Å². The van der Waals surface area contributed by atoms with Crippen LogP contribution in [0.25, 0.3) is 0 Å². The molecular weight excluding hydrogens is 400 g/mol. The maximum Gasteiger partial charge on any atom is 0.251 e. The van der Waals surface area contributed by atoms with E-state index in [1.165, 1.54) is 10.6 Å². The van der Waals surface area contributed by atoms with Gasteiger partial charge in [0.25, 0.3) is 5.56 Å². The van der Waals surface area contributed by atoms with Crippen LogP contribution in [0.2, 0.25) is 0 Å². The second-order valence-corrected chi connectivity index (χ2v) is 7.63. The minimum absolute atomic E-state index is 0.0559. The Morgan fingerprint density at radius 3 is 2.09 bits per heavy atom. The normalized spacial score (nSPS) is 10.8. The number of pyridine rings is 1. The van der Waals surface area contributed by atoms with Crippen molar-refractivity contribution in [3.63, 3.8) is 0 Å². The highest BCUT2D eigenvalue weighted by Gasteiger charge is 2.18. The standard InChI is InChI=1S/C27H24N2O3/c30-24-13-7-8-20(16-24)17-28-25(31)19-29-18-23(14-15-26(29)32)27(21-9-3-1-4-10-21)22-11-5-2-6-12-22/h1-16,18,27,30H,17,19H2,(H,28,31). The van der Waals surface area contributed by atoms with Crippen LogP contribution in [0.3, 0.4) is 0 Å². The number of hydrogen-bond donors (Lipinski definition) is 2. The quantitative estimate of drug-likeness (QED) is 0.470. The maximum absolute atomic E-state index is 12.5. The SMILES string of the molecule is O=C(Cn1cc(C(c2ccccc2)c2ccccc2)ccc1=O)NCc1cccc(O)c1. The first-order chi connectivity index (χ1) is 15.6. The molecule has 1 amide bonds. The molecule has 1 heterocycles. The number of carbonyl (C=O) groups excluding carboxylic acids is 1. The number of rotatable bonds is 7. The first kappa shape index (κ1) is 21.1. The molecule has 4 rings (SSSR count). The molecule has 0 unspecified atom stereocenters. The van der Waals surface area contributed by atoms with E-state index in [0.717, 1.165) is 22.3 Å². The molecule has 0 aliphatic heterocycles. The minimum Gasteiger partial charge on any atom is -0.508 e. The molecule has 0 aliphatic rings. The van der Waals surface area contributed by atoms with Gasteiger partial charge in [0.1, 0.15) is 12.3 Å². The average Bonchev–Trinajstić information content (AvgIpc) is 2.81. The molecule has 0 aliphatic carbocycles. The second-order valence-electron chi connectivity index (χ2n) is 7.63. The van der Waals surface area contributed by atoms with E-state index >= 15 is 0 Å². The molecule has 0 saturated carbocycles. The zero-order chi connectivity index (χ0) is 22.3. The molecule has 5 heteroatoms. The summed E-state index contributed by atoms with van der Waals surface area (Å²) in [5, 5.41) is 12.4. The summed E-state index contributed by atoms with van der Waals surface area (Å²) < 4.78 is 1.44. The van der Waals surface area contributed by atoms with Crippen LogP contribution >= 0.6 is 0 Å². The Bertz CT molecular complexity index is 1210. The molecule has 32 heavy (non-hydrogen) atoms. The highest BCUT2D eigenvalue weighted by Crippen LogP contribution is 2.31. The van der Waals surface area contributed by atoms with Crippen molar-refractivity contribution in [2.24, 2.45) is 0 Å². The lowest BCUT2D eigenvalue weighted by molar-refractivity contribution is -0.121. The van der Waals surface area contributed by atoms with Gasteiger partial charge in [0.2, 0.25) is 5.91 Å². The Morgan fingerprint density at radius 2 is 1.47 bits per heavy atom. The van der Waals surface area contributed by atoms with Gasteiger partial charge in [-0.2, -0.15) is 0 Å². The van der Waals surface area contributed by atoms with Gasteiger partial charge in [0.05, 0.1) is 0 Å². The minimum atomic E-state index is -0.274. The van der Waals surface area contributed by atoms with Gasteiger partial charge in [-0.1, -0.05) is 78.9 Å². The first-order valence-electron chi connectivity index (χ1n) is 10.4. The third-order valence-electron chi connectivity index (χ3n) is 5.32. The molecular formula is C27H24N2O3. The van der Waals surface area contributed by atoms with Gasteiger partial charge in [0, 0.05) is 24.7 Å². The number of nitrogens with zero attached hydrogens (tertiary/aromatic N) is 1. The van der Waals surface area contributed by atoms with Crippen molar-refractivity contribution < 1.29 is 9.90 Å². The molecule has 3 aromatic carbocycles. The van der Waals surface area contributed by atoms with Crippen LogP contribution in [0.15, 0.2) is 108 Å². The number of aromatic nitrogens is 1. The van der Waals surface area contributed by atoms with E-state index in [9.17, 15) is 14.7 Å². The maximum atomic E-state index is 12.5. The van der Waals surface area contributed by atoms with Gasteiger partial charge in [-0.05, 0) is 34.4 Å². The molecule has 0 bridgehead atoms. The summed E-state index contributed by atoms with van der Waals surface area (Å²) in [6.45, 7) is 0.195. The van der Waals surface area contributed by atoms with Gasteiger partial charge >= 0.3 is 0 Å². The molecule has 4 aromatic rings. The number of aromatic hydroxyl groups is 1. The lowest BCUT2D eigenvalue weighted by Crippen LogP contribution is -2.32. The summed E-state index contributed by atoms with van der Waals surface area (Å²) in [5.74, 6) is -0.184. The lowest BCUT2D eigenvalue weighted by Gasteiger charge is -2.20. The lowest BCUT2D eigenvalue weighted by atomic mass is 9.86. The van der Waals surface area contributed by atoms with Crippen LogP contribution in [0, 0.1) is 0 Å². The summed E-state index contributed by atoms with van der Waals surface area (Å²) >= 11 is 0. The van der Waals surface area contributed by atoms with Crippen molar-refractivity contribution in [1.29, 1.82) is 0 Å². The molecule has 0 saturated heterocycles. The Labute approximate surface area is 186 Å². The highest BCUT2D eigenvalue weighted by atomic mass is 16.3. The van der Waals surface area contributed by atoms with Crippen LogP contribution in [0.1, 0.15) is 28.2 Å². The number of benzene rings is 3. The van der Waals surface area contributed by atoms with Gasteiger partial charge in [-0.25, -0.2) is 0 Å². The third-order valence-corrected chi connectivity index (χ3v) is 5.32. The van der Waals surface area contributed by atoms with E-state index in [1.807, 2.05) is 48.5 Å². The number of phenolic OH excluding ortho intramolecular Hbond substituents is 1. The zero-order valence-corrected chi connectivity index (χ0v) is 17.5. The number of phenols is 1. The topological polar surface area (TPSA) is 71.3 Å². The van der Waals surface area contributed by atoms with Gasteiger partial charge in [-0.3, -0.25) is 9.59 Å². The molecule has 0 radical (unpaired) electrons. The van der Waals surface area contributed by atoms with E-state index in [2.05, 4.69) is 29.6 Å². The fourth-order valence-electron chi connectivity index (χ4n) is 3.79. The van der Waals surface area contributed by atoms with Gasteiger partial charge in [0.15, 0.2) is 0 Å². The monoisotopic (exact) mass is 424 g/mol. The van der Waals surface area contributed by atoms with E-state index in [4.69, 9.17) is 0 Å². The van der Waals surface area contributed by atoms with Crippen LogP contribution < -0.4 is 10.9 Å². The van der Waals surface area contributed by atoms with Gasteiger partial charge < -0.3 is 15.0 Å². The number of nitrogens with one attached hydrogen (secondary N) is 1. The number of hydrogen-bond acceptors (Lipinski definition) is 3. The Hall–Kier alpha value is -4.12. The Morgan fingerprint density at radius 1 is 0.812 bits per heavy atom. The fraction of sp³-hybridized carbons (Fsp3) is 0.111. The van der Waals surface area contributed by atoms with E-state index in [-0.39, 0.29) is 36.2 Å². The zero-order valence-electron chi connectivity index (χ0n) is 17.5. The summed E-state index contributed by atoms with van der Waals surface area (Å²) in [7, 11) is 0. The van der Waals surface area contributed by atoms with E-state index < -0.39 is 0 Å². The van der Waals surface area contributed by atoms with Crippen molar-refractivity contribution in [3.05, 3.63) is 136 Å². The van der Waals surface area contributed by atoms with Crippen molar-refractivity contribution >= 4 is 5.91 Å². The Kier molecular flexibility index (Phi) is 6.46. The number of carbonyl (C=O) groups is 1. The molecule has 0 spiro atoms. The van der Waals surface area contributed by atoms with Crippen molar-refractivity contribution in [3.8, 4) is 5.75 Å². The van der Waals surface area contributed by atoms with E-state index in [1.54, 1.807) is 24.4 Å². The van der Waals surface area contributed by atoms with Crippen molar-refractivity contribution in [1.82, 2.24) is 9.88 Å². The molecule has 0 fully saturated rings. The third kappa shape index (κ3) is 5.13. The van der Waals surface area contributed by atoms with Crippen molar-refractivity contribution in [2.45, 2.75) is 19.0 Å². The second kappa shape index (κ2) is 9.79. The summed E-state index contributed by atoms with van der Waals surface area (Å²) in [5.41, 5.74) is 3.70. The van der Waals surface area contributed by atoms with Crippen LogP contribution in [0.4, 0.5) is 0 Å². The van der Waals surface area contributed by atoms with E-state index in [0.29, 0.717) is 0 Å². The molecule has 1 aromatic heterocycles. The van der Waals surface area contributed by atoms with Crippen molar-refractivity contribution in [2.75, 3.05) is 0 Å². The first-order valence-corrected chi connectivity index (χ1v) is 10.4. The van der Waals surface area contributed by atoms with Crippen LogP contribution in [0.5, 0.6) is 5.75 Å². The molecule has 160 valence electrons. The molecule has 2 N–H and O–H groups in total. The summed E-state index contributed by atoms with van der Waals surface area (Å²) in [6.07, 6.45) is 1.76. The Balaban J connectivity index is 1.58. The number of amides is 1. The summed E-state index contributed by atoms with van der Waals surface area (Å²) in [6, 6.07) is 30.2. The van der Waals surface area contributed by atoms with Crippen LogP contribution in [-0.2, 0) is 17.9 Å². The smallest absolute Gasteiger partial charge is 0.251 e. The molecule has 5 nitrogen and oxygen atoms in total. The predicted octanol–water partition coefficient (Wildman–Crippen LogP) is 4.05. The summed E-state index contributed by atoms with van der Waals surface area (Å²) in [4.78, 5) is 25.0. The largest absolute Gasteiger partial charge is 0.508 e. The predicted molar refractivity (Wildman–Crippen MR) is 124 cm³/mol. The highest BCUT2D eigenvalue weighted by molar-refractivity contribution is 5.75. The van der Waals surface area contributed by atoms with Gasteiger partial charge in [-0.15, -0.1) is 0 Å². The fourth-order valence-corrected chi connectivity index (χ4v) is 3.79. The molecule has 0 atom stereocenters.